The highest BCUT2D eigenvalue weighted by molar-refractivity contribution is 5.39. The maximum atomic E-state index is 3.93. The van der Waals surface area contributed by atoms with Gasteiger partial charge in [-0.05, 0) is 30.4 Å². The second-order valence-electron chi connectivity index (χ2n) is 2.44. The molecule has 0 nitrogen and oxygen atoms in total. The zero-order valence-electron chi connectivity index (χ0n) is 5.57. The maximum absolute atomic E-state index is 3.93. The molecule has 1 aliphatic rings. The zero-order valence-corrected chi connectivity index (χ0v) is 5.57. The highest BCUT2D eigenvalue weighted by atomic mass is 14.3. The summed E-state index contributed by atoms with van der Waals surface area (Å²) < 4.78 is 0. The van der Waals surface area contributed by atoms with E-state index in [1.165, 1.54) is 17.6 Å². The average molecular weight is 108 g/mol. The van der Waals surface area contributed by atoms with Gasteiger partial charge >= 0.3 is 0 Å². The minimum atomic E-state index is 0.751. The lowest BCUT2D eigenvalue weighted by atomic mass is 9.77. The molecule has 0 bridgehead atoms. The Bertz CT molecular complexity index is 140. The Morgan fingerprint density at radius 3 is 2.50 bits per heavy atom. The molecule has 1 fully saturated rings. The lowest BCUT2D eigenvalue weighted by molar-refractivity contribution is 0.593. The van der Waals surface area contributed by atoms with E-state index in [-0.39, 0.29) is 0 Å². The molecule has 0 aliphatic heterocycles. The molecule has 1 atom stereocenters. The van der Waals surface area contributed by atoms with Crippen LogP contribution in [0.3, 0.4) is 0 Å². The number of allylic oxidation sites excluding steroid dienone is 3. The summed E-state index contributed by atoms with van der Waals surface area (Å²) in [6, 6.07) is 0. The van der Waals surface area contributed by atoms with Crippen molar-refractivity contribution >= 4 is 0 Å². The summed E-state index contributed by atoms with van der Waals surface area (Å²) in [6.45, 7) is 8.22. The topological polar surface area (TPSA) is 0 Å². The first kappa shape index (κ1) is 5.61. The van der Waals surface area contributed by atoms with Gasteiger partial charge in [0.1, 0.15) is 0 Å². The van der Waals surface area contributed by atoms with Crippen LogP contribution in [0.25, 0.3) is 0 Å². The quantitative estimate of drug-likeness (QED) is 0.447. The van der Waals surface area contributed by atoms with E-state index >= 15 is 0 Å². The molecule has 0 aromatic carbocycles. The SMILES string of the molecule is C=C1C(=CC)CC1C. The summed E-state index contributed by atoms with van der Waals surface area (Å²) in [5.74, 6) is 0.751. The Kier molecular flexibility index (Phi) is 1.24. The highest BCUT2D eigenvalue weighted by Gasteiger charge is 2.21. The monoisotopic (exact) mass is 108 g/mol. The molecule has 0 aromatic rings. The van der Waals surface area contributed by atoms with Gasteiger partial charge in [-0.3, -0.25) is 0 Å². The van der Waals surface area contributed by atoms with Gasteiger partial charge in [-0.2, -0.15) is 0 Å². The Morgan fingerprint density at radius 2 is 2.38 bits per heavy atom. The van der Waals surface area contributed by atoms with E-state index in [9.17, 15) is 0 Å². The molecule has 44 valence electrons. The fraction of sp³-hybridized carbons (Fsp3) is 0.500. The van der Waals surface area contributed by atoms with Crippen LogP contribution in [0, 0.1) is 5.92 Å². The van der Waals surface area contributed by atoms with Crippen LogP contribution in [0.1, 0.15) is 20.3 Å². The first-order valence-electron chi connectivity index (χ1n) is 3.10. The predicted molar refractivity (Wildman–Crippen MR) is 36.7 cm³/mol. The minimum absolute atomic E-state index is 0.751. The highest BCUT2D eigenvalue weighted by Crippen LogP contribution is 2.36. The van der Waals surface area contributed by atoms with E-state index in [4.69, 9.17) is 0 Å². The molecule has 0 heterocycles. The Hall–Kier alpha value is -0.520. The summed E-state index contributed by atoms with van der Waals surface area (Å²) >= 11 is 0. The summed E-state index contributed by atoms with van der Waals surface area (Å²) in [5.41, 5.74) is 2.80. The normalized spacial score (nSPS) is 33.0. The zero-order chi connectivity index (χ0) is 6.15. The molecule has 0 aromatic heterocycles. The van der Waals surface area contributed by atoms with Crippen molar-refractivity contribution in [2.45, 2.75) is 20.3 Å². The smallest absolute Gasteiger partial charge is 0.0153 e. The van der Waals surface area contributed by atoms with Gasteiger partial charge in [0.15, 0.2) is 0 Å². The molecule has 0 N–H and O–H groups in total. The lowest BCUT2D eigenvalue weighted by Gasteiger charge is -2.28. The largest absolute Gasteiger partial charge is 0.0953 e. The van der Waals surface area contributed by atoms with Gasteiger partial charge in [-0.1, -0.05) is 19.6 Å². The van der Waals surface area contributed by atoms with Crippen molar-refractivity contribution in [2.75, 3.05) is 0 Å². The second kappa shape index (κ2) is 1.77. The van der Waals surface area contributed by atoms with Crippen LogP contribution in [0.15, 0.2) is 23.8 Å². The molecule has 1 rings (SSSR count). The number of rotatable bonds is 0. The molecule has 0 radical (unpaired) electrons. The summed E-state index contributed by atoms with van der Waals surface area (Å²) in [6.07, 6.45) is 3.40. The second-order valence-corrected chi connectivity index (χ2v) is 2.44. The third-order valence-electron chi connectivity index (χ3n) is 1.88. The molecule has 1 unspecified atom stereocenters. The van der Waals surface area contributed by atoms with Gasteiger partial charge in [0, 0.05) is 0 Å². The number of hydrogen-bond acceptors (Lipinski definition) is 0. The van der Waals surface area contributed by atoms with Crippen LogP contribution in [0.4, 0.5) is 0 Å². The van der Waals surface area contributed by atoms with Gasteiger partial charge in [0.25, 0.3) is 0 Å². The van der Waals surface area contributed by atoms with Crippen LogP contribution in [-0.2, 0) is 0 Å². The average Bonchev–Trinajstić information content (AvgIpc) is 1.81. The number of hydrogen-bond donors (Lipinski definition) is 0. The van der Waals surface area contributed by atoms with Crippen molar-refractivity contribution in [2.24, 2.45) is 5.92 Å². The van der Waals surface area contributed by atoms with E-state index in [1.54, 1.807) is 0 Å². The lowest BCUT2D eigenvalue weighted by Crippen LogP contribution is -2.13. The predicted octanol–water partition coefficient (Wildman–Crippen LogP) is 2.53. The van der Waals surface area contributed by atoms with Gasteiger partial charge in [-0.25, -0.2) is 0 Å². The standard InChI is InChI=1S/C8H12/c1-4-8-5-6(2)7(8)3/h4,6H,3,5H2,1-2H3. The molecule has 0 spiro atoms. The van der Waals surface area contributed by atoms with Crippen LogP contribution in [-0.4, -0.2) is 0 Å². The van der Waals surface area contributed by atoms with Crippen molar-refractivity contribution < 1.29 is 0 Å². The minimum Gasteiger partial charge on any atom is -0.0953 e. The van der Waals surface area contributed by atoms with E-state index < -0.39 is 0 Å². The Labute approximate surface area is 50.9 Å². The van der Waals surface area contributed by atoms with Gasteiger partial charge < -0.3 is 0 Å². The first-order valence-corrected chi connectivity index (χ1v) is 3.10. The molecule has 0 heteroatoms. The maximum Gasteiger partial charge on any atom is -0.0153 e. The van der Waals surface area contributed by atoms with Crippen LogP contribution in [0.2, 0.25) is 0 Å². The van der Waals surface area contributed by atoms with E-state index in [0.717, 1.165) is 5.92 Å². The van der Waals surface area contributed by atoms with Crippen LogP contribution >= 0.6 is 0 Å². The van der Waals surface area contributed by atoms with Crippen molar-refractivity contribution in [1.82, 2.24) is 0 Å². The molecule has 1 aliphatic carbocycles. The molecule has 8 heavy (non-hydrogen) atoms. The first-order chi connectivity index (χ1) is 3.75. The van der Waals surface area contributed by atoms with Crippen molar-refractivity contribution in [1.29, 1.82) is 0 Å². The van der Waals surface area contributed by atoms with Gasteiger partial charge in [0.2, 0.25) is 0 Å². The van der Waals surface area contributed by atoms with E-state index in [2.05, 4.69) is 26.5 Å². The van der Waals surface area contributed by atoms with Crippen LogP contribution in [0.5, 0.6) is 0 Å². The molecule has 0 amide bonds. The van der Waals surface area contributed by atoms with Crippen molar-refractivity contribution in [3.8, 4) is 0 Å². The Balaban J connectivity index is 2.61. The molecule has 0 saturated heterocycles. The fourth-order valence-electron chi connectivity index (χ4n) is 1.07. The van der Waals surface area contributed by atoms with Crippen molar-refractivity contribution in [3.05, 3.63) is 23.8 Å². The molecule has 1 saturated carbocycles. The van der Waals surface area contributed by atoms with Crippen LogP contribution < -0.4 is 0 Å². The summed E-state index contributed by atoms with van der Waals surface area (Å²) in [7, 11) is 0. The van der Waals surface area contributed by atoms with Gasteiger partial charge in [-0.15, -0.1) is 0 Å². The molecular weight excluding hydrogens is 96.1 g/mol. The fourth-order valence-corrected chi connectivity index (χ4v) is 1.07. The third-order valence-corrected chi connectivity index (χ3v) is 1.88. The molecular formula is C8H12. The van der Waals surface area contributed by atoms with E-state index in [0.29, 0.717) is 0 Å². The van der Waals surface area contributed by atoms with E-state index in [1.807, 2.05) is 0 Å². The van der Waals surface area contributed by atoms with Crippen molar-refractivity contribution in [3.63, 3.8) is 0 Å². The Morgan fingerprint density at radius 1 is 1.75 bits per heavy atom. The third kappa shape index (κ3) is 0.605. The summed E-state index contributed by atoms with van der Waals surface area (Å²) in [5, 5.41) is 0. The summed E-state index contributed by atoms with van der Waals surface area (Å²) in [4.78, 5) is 0. The van der Waals surface area contributed by atoms with Gasteiger partial charge in [0.05, 0.1) is 0 Å².